The van der Waals surface area contributed by atoms with Gasteiger partial charge in [0.25, 0.3) is 0 Å². The van der Waals surface area contributed by atoms with Gasteiger partial charge in [0.05, 0.1) is 19.3 Å². The number of ether oxygens (including phenoxy) is 2. The molecular formula is C18H27NO3. The minimum Gasteiger partial charge on any atom is -0.490 e. The first-order chi connectivity index (χ1) is 10.6. The first-order valence-electron chi connectivity index (χ1n) is 8.26. The third-order valence-corrected chi connectivity index (χ3v) is 3.84. The molecule has 0 aliphatic heterocycles. The maximum atomic E-state index is 12.1. The third-order valence-electron chi connectivity index (χ3n) is 3.84. The number of rotatable bonds is 8. The van der Waals surface area contributed by atoms with E-state index >= 15 is 0 Å². The molecule has 2 rings (SSSR count). The van der Waals surface area contributed by atoms with Gasteiger partial charge in [-0.05, 0) is 50.3 Å². The van der Waals surface area contributed by atoms with E-state index in [9.17, 15) is 4.79 Å². The SMILES string of the molecule is CCOc1ccc(C(NC(=O)C2CC2)C(C)C)cc1OCC. The Kier molecular flexibility index (Phi) is 5.69. The zero-order valence-electron chi connectivity index (χ0n) is 14.0. The van der Waals surface area contributed by atoms with Crippen LogP contribution >= 0.6 is 0 Å². The van der Waals surface area contributed by atoms with E-state index in [0.717, 1.165) is 29.9 Å². The molecule has 1 fully saturated rings. The zero-order valence-corrected chi connectivity index (χ0v) is 14.0. The Morgan fingerprint density at radius 2 is 1.82 bits per heavy atom. The summed E-state index contributed by atoms with van der Waals surface area (Å²) in [6, 6.07) is 5.95. The molecule has 1 unspecified atom stereocenters. The van der Waals surface area contributed by atoms with Gasteiger partial charge in [0, 0.05) is 5.92 Å². The largest absolute Gasteiger partial charge is 0.490 e. The van der Waals surface area contributed by atoms with Gasteiger partial charge in [-0.25, -0.2) is 0 Å². The Morgan fingerprint density at radius 1 is 1.18 bits per heavy atom. The normalized spacial score (nSPS) is 15.5. The number of carbonyl (C=O) groups excluding carboxylic acids is 1. The van der Waals surface area contributed by atoms with Crippen LogP contribution in [0.1, 0.15) is 52.1 Å². The summed E-state index contributed by atoms with van der Waals surface area (Å²) >= 11 is 0. The lowest BCUT2D eigenvalue weighted by molar-refractivity contribution is -0.123. The number of carbonyl (C=O) groups is 1. The molecule has 1 aliphatic rings. The van der Waals surface area contributed by atoms with Crippen LogP contribution in [0.15, 0.2) is 18.2 Å². The Balaban J connectivity index is 2.22. The highest BCUT2D eigenvalue weighted by Crippen LogP contribution is 2.34. The standard InChI is InChI=1S/C18H27NO3/c1-5-21-15-10-9-14(11-16(15)22-6-2)17(12(3)4)19-18(20)13-7-8-13/h9-13,17H,5-8H2,1-4H3,(H,19,20). The van der Waals surface area contributed by atoms with Crippen molar-refractivity contribution in [2.75, 3.05) is 13.2 Å². The average molecular weight is 305 g/mol. The van der Waals surface area contributed by atoms with Crippen molar-refractivity contribution in [1.29, 1.82) is 0 Å². The van der Waals surface area contributed by atoms with E-state index in [2.05, 4.69) is 19.2 Å². The highest BCUT2D eigenvalue weighted by Gasteiger charge is 2.32. The van der Waals surface area contributed by atoms with Crippen LogP contribution < -0.4 is 14.8 Å². The van der Waals surface area contributed by atoms with Crippen LogP contribution in [0.25, 0.3) is 0 Å². The summed E-state index contributed by atoms with van der Waals surface area (Å²) in [5.41, 5.74) is 1.07. The first kappa shape index (κ1) is 16.7. The molecule has 1 aromatic rings. The molecule has 0 saturated heterocycles. The molecule has 1 atom stereocenters. The van der Waals surface area contributed by atoms with Crippen LogP contribution in [0.2, 0.25) is 0 Å². The van der Waals surface area contributed by atoms with Crippen molar-refractivity contribution >= 4 is 5.91 Å². The fourth-order valence-electron chi connectivity index (χ4n) is 2.51. The summed E-state index contributed by atoms with van der Waals surface area (Å²) in [5.74, 6) is 2.20. The molecule has 1 amide bonds. The van der Waals surface area contributed by atoms with Crippen LogP contribution in [0.4, 0.5) is 0 Å². The van der Waals surface area contributed by atoms with Crippen LogP contribution in [-0.2, 0) is 4.79 Å². The van der Waals surface area contributed by atoms with E-state index in [-0.39, 0.29) is 17.9 Å². The summed E-state index contributed by atoms with van der Waals surface area (Å²) < 4.78 is 11.3. The second-order valence-corrected chi connectivity index (χ2v) is 6.08. The van der Waals surface area contributed by atoms with Gasteiger partial charge in [-0.1, -0.05) is 19.9 Å². The van der Waals surface area contributed by atoms with Crippen molar-refractivity contribution < 1.29 is 14.3 Å². The molecule has 4 nitrogen and oxygen atoms in total. The molecule has 1 aliphatic carbocycles. The first-order valence-corrected chi connectivity index (χ1v) is 8.26. The van der Waals surface area contributed by atoms with Gasteiger partial charge in [-0.15, -0.1) is 0 Å². The van der Waals surface area contributed by atoms with E-state index in [0.29, 0.717) is 19.1 Å². The molecule has 122 valence electrons. The number of nitrogens with one attached hydrogen (secondary N) is 1. The Hall–Kier alpha value is -1.71. The van der Waals surface area contributed by atoms with Gasteiger partial charge in [0.1, 0.15) is 0 Å². The summed E-state index contributed by atoms with van der Waals surface area (Å²) in [6.45, 7) is 9.34. The molecule has 0 heterocycles. The Labute approximate surface area is 133 Å². The molecule has 0 aromatic heterocycles. The topological polar surface area (TPSA) is 47.6 Å². The summed E-state index contributed by atoms with van der Waals surface area (Å²) in [4.78, 5) is 12.1. The van der Waals surface area contributed by atoms with Crippen molar-refractivity contribution in [2.45, 2.75) is 46.6 Å². The number of benzene rings is 1. The molecule has 0 spiro atoms. The number of amides is 1. The second kappa shape index (κ2) is 7.52. The van der Waals surface area contributed by atoms with Gasteiger partial charge in [-0.3, -0.25) is 4.79 Å². The monoisotopic (exact) mass is 305 g/mol. The summed E-state index contributed by atoms with van der Waals surface area (Å²) in [7, 11) is 0. The smallest absolute Gasteiger partial charge is 0.223 e. The maximum absolute atomic E-state index is 12.1. The highest BCUT2D eigenvalue weighted by molar-refractivity contribution is 5.81. The zero-order chi connectivity index (χ0) is 16.1. The van der Waals surface area contributed by atoms with Gasteiger partial charge in [-0.2, -0.15) is 0 Å². The van der Waals surface area contributed by atoms with Crippen molar-refractivity contribution in [2.24, 2.45) is 11.8 Å². The van der Waals surface area contributed by atoms with E-state index in [1.807, 2.05) is 32.0 Å². The summed E-state index contributed by atoms with van der Waals surface area (Å²) in [5, 5.41) is 3.18. The maximum Gasteiger partial charge on any atom is 0.223 e. The summed E-state index contributed by atoms with van der Waals surface area (Å²) in [6.07, 6.45) is 2.04. The quantitative estimate of drug-likeness (QED) is 0.796. The second-order valence-electron chi connectivity index (χ2n) is 6.08. The number of hydrogen-bond acceptors (Lipinski definition) is 3. The van der Waals surface area contributed by atoms with Crippen LogP contribution in [0.5, 0.6) is 11.5 Å². The molecule has 4 heteroatoms. The predicted molar refractivity (Wildman–Crippen MR) is 87.2 cm³/mol. The van der Waals surface area contributed by atoms with Crippen LogP contribution in [0.3, 0.4) is 0 Å². The minimum atomic E-state index is 0.00276. The Morgan fingerprint density at radius 3 is 2.36 bits per heavy atom. The number of hydrogen-bond donors (Lipinski definition) is 1. The molecule has 22 heavy (non-hydrogen) atoms. The lowest BCUT2D eigenvalue weighted by Crippen LogP contribution is -2.32. The average Bonchev–Trinajstić information content (AvgIpc) is 3.31. The molecular weight excluding hydrogens is 278 g/mol. The molecule has 1 saturated carbocycles. The molecule has 1 aromatic carbocycles. The predicted octanol–water partition coefficient (Wildman–Crippen LogP) is 3.71. The van der Waals surface area contributed by atoms with Crippen LogP contribution in [-0.4, -0.2) is 19.1 Å². The van der Waals surface area contributed by atoms with E-state index < -0.39 is 0 Å². The van der Waals surface area contributed by atoms with Gasteiger partial charge < -0.3 is 14.8 Å². The lowest BCUT2D eigenvalue weighted by Gasteiger charge is -2.24. The lowest BCUT2D eigenvalue weighted by atomic mass is 9.95. The van der Waals surface area contributed by atoms with Gasteiger partial charge in [0.2, 0.25) is 5.91 Å². The van der Waals surface area contributed by atoms with Crippen molar-refractivity contribution in [3.8, 4) is 11.5 Å². The highest BCUT2D eigenvalue weighted by atomic mass is 16.5. The fourth-order valence-corrected chi connectivity index (χ4v) is 2.51. The van der Waals surface area contributed by atoms with Gasteiger partial charge >= 0.3 is 0 Å². The van der Waals surface area contributed by atoms with Crippen molar-refractivity contribution in [3.05, 3.63) is 23.8 Å². The van der Waals surface area contributed by atoms with Gasteiger partial charge in [0.15, 0.2) is 11.5 Å². The van der Waals surface area contributed by atoms with E-state index in [1.54, 1.807) is 0 Å². The minimum absolute atomic E-state index is 0.00276. The van der Waals surface area contributed by atoms with Crippen molar-refractivity contribution in [1.82, 2.24) is 5.32 Å². The fraction of sp³-hybridized carbons (Fsp3) is 0.611. The molecule has 0 bridgehead atoms. The van der Waals surface area contributed by atoms with Crippen molar-refractivity contribution in [3.63, 3.8) is 0 Å². The molecule has 1 N–H and O–H groups in total. The van der Waals surface area contributed by atoms with E-state index in [1.165, 1.54) is 0 Å². The van der Waals surface area contributed by atoms with E-state index in [4.69, 9.17) is 9.47 Å². The Bertz CT molecular complexity index is 509. The molecule has 0 radical (unpaired) electrons. The third kappa shape index (κ3) is 4.15. The van der Waals surface area contributed by atoms with Crippen LogP contribution in [0, 0.1) is 11.8 Å².